The molecule has 1 aromatic carbocycles. The lowest BCUT2D eigenvalue weighted by Crippen LogP contribution is -2.45. The van der Waals surface area contributed by atoms with Gasteiger partial charge < -0.3 is 10.5 Å². The standard InChI is InChI=1S/C16H19F3N4O/c17-16(18,19)13-3-1-11(2-4-13)15-12(8-21-22-15)9-23-5-6-24-14(7-20)10-23/h1-4,8,14H,5-7,9-10,20H2,(H,21,22). The molecule has 1 unspecified atom stereocenters. The molecule has 0 radical (unpaired) electrons. The number of hydrogen-bond donors (Lipinski definition) is 2. The van der Waals surface area contributed by atoms with Crippen LogP contribution < -0.4 is 5.73 Å². The lowest BCUT2D eigenvalue weighted by Gasteiger charge is -2.32. The van der Waals surface area contributed by atoms with Gasteiger partial charge in [0.1, 0.15) is 0 Å². The van der Waals surface area contributed by atoms with Crippen molar-refractivity contribution in [2.75, 3.05) is 26.2 Å². The molecule has 0 spiro atoms. The maximum atomic E-state index is 12.7. The topological polar surface area (TPSA) is 67.2 Å². The van der Waals surface area contributed by atoms with Crippen molar-refractivity contribution in [2.45, 2.75) is 18.8 Å². The molecule has 0 amide bonds. The van der Waals surface area contributed by atoms with Crippen LogP contribution in [0, 0.1) is 0 Å². The molecule has 1 atom stereocenters. The Kier molecular flexibility index (Phi) is 4.88. The summed E-state index contributed by atoms with van der Waals surface area (Å²) in [5.74, 6) is 0. The maximum absolute atomic E-state index is 12.7. The molecule has 3 N–H and O–H groups in total. The molecule has 1 aliphatic heterocycles. The number of H-pyrrole nitrogens is 1. The van der Waals surface area contributed by atoms with E-state index in [2.05, 4.69) is 15.1 Å². The minimum absolute atomic E-state index is 0.0140. The van der Waals surface area contributed by atoms with Gasteiger partial charge in [0, 0.05) is 31.7 Å². The van der Waals surface area contributed by atoms with Gasteiger partial charge in [0.05, 0.1) is 30.2 Å². The van der Waals surface area contributed by atoms with Crippen LogP contribution in [-0.2, 0) is 17.5 Å². The first kappa shape index (κ1) is 16.9. The Bertz CT molecular complexity index is 669. The van der Waals surface area contributed by atoms with Gasteiger partial charge in [-0.15, -0.1) is 0 Å². The Morgan fingerprint density at radius 2 is 2.04 bits per heavy atom. The lowest BCUT2D eigenvalue weighted by atomic mass is 10.1. The van der Waals surface area contributed by atoms with Crippen LogP contribution in [0.3, 0.4) is 0 Å². The van der Waals surface area contributed by atoms with Gasteiger partial charge >= 0.3 is 6.18 Å². The van der Waals surface area contributed by atoms with Gasteiger partial charge in [-0.2, -0.15) is 18.3 Å². The second kappa shape index (κ2) is 6.92. The normalized spacial score (nSPS) is 19.6. The fraction of sp³-hybridized carbons (Fsp3) is 0.438. The Morgan fingerprint density at radius 3 is 2.71 bits per heavy atom. The van der Waals surface area contributed by atoms with E-state index in [-0.39, 0.29) is 6.10 Å². The molecule has 1 aliphatic rings. The molecule has 1 fully saturated rings. The molecule has 0 aliphatic carbocycles. The number of halogens is 3. The van der Waals surface area contributed by atoms with Gasteiger partial charge in [-0.05, 0) is 17.7 Å². The molecule has 0 saturated carbocycles. The highest BCUT2D eigenvalue weighted by Crippen LogP contribution is 2.31. The molecular weight excluding hydrogens is 321 g/mol. The van der Waals surface area contributed by atoms with Gasteiger partial charge in [-0.3, -0.25) is 10.00 Å². The summed E-state index contributed by atoms with van der Waals surface area (Å²) < 4.78 is 43.6. The summed E-state index contributed by atoms with van der Waals surface area (Å²) in [6, 6.07) is 5.09. The number of alkyl halides is 3. The Labute approximate surface area is 137 Å². The number of nitrogens with one attached hydrogen (secondary N) is 1. The number of nitrogens with two attached hydrogens (primary N) is 1. The first-order chi connectivity index (χ1) is 11.5. The van der Waals surface area contributed by atoms with Crippen LogP contribution in [-0.4, -0.2) is 47.4 Å². The largest absolute Gasteiger partial charge is 0.416 e. The summed E-state index contributed by atoms with van der Waals surface area (Å²) in [6.45, 7) is 3.25. The second-order valence-corrected chi connectivity index (χ2v) is 5.81. The molecule has 1 aromatic heterocycles. The van der Waals surface area contributed by atoms with E-state index in [0.717, 1.165) is 36.5 Å². The third-order valence-electron chi connectivity index (χ3n) is 4.10. The molecule has 130 valence electrons. The minimum Gasteiger partial charge on any atom is -0.374 e. The van der Waals surface area contributed by atoms with Crippen LogP contribution in [0.5, 0.6) is 0 Å². The van der Waals surface area contributed by atoms with Crippen LogP contribution in [0.15, 0.2) is 30.5 Å². The highest BCUT2D eigenvalue weighted by molar-refractivity contribution is 5.63. The van der Waals surface area contributed by atoms with E-state index in [0.29, 0.717) is 25.3 Å². The number of aromatic nitrogens is 2. The smallest absolute Gasteiger partial charge is 0.374 e. The van der Waals surface area contributed by atoms with E-state index in [9.17, 15) is 13.2 Å². The van der Waals surface area contributed by atoms with E-state index in [1.54, 1.807) is 6.20 Å². The van der Waals surface area contributed by atoms with Gasteiger partial charge in [0.25, 0.3) is 0 Å². The van der Waals surface area contributed by atoms with Crippen molar-refractivity contribution in [3.05, 3.63) is 41.6 Å². The number of nitrogens with zero attached hydrogens (tertiary/aromatic N) is 2. The van der Waals surface area contributed by atoms with Crippen molar-refractivity contribution < 1.29 is 17.9 Å². The number of ether oxygens (including phenoxy) is 1. The van der Waals surface area contributed by atoms with Crippen LogP contribution in [0.2, 0.25) is 0 Å². The average Bonchev–Trinajstić information content (AvgIpc) is 3.02. The predicted octanol–water partition coefficient (Wildman–Crippen LogP) is 2.26. The van der Waals surface area contributed by atoms with E-state index < -0.39 is 11.7 Å². The van der Waals surface area contributed by atoms with Crippen LogP contribution >= 0.6 is 0 Å². The maximum Gasteiger partial charge on any atom is 0.416 e. The van der Waals surface area contributed by atoms with E-state index >= 15 is 0 Å². The molecule has 2 aromatic rings. The summed E-state index contributed by atoms with van der Waals surface area (Å²) in [6.07, 6.45) is -2.61. The molecule has 24 heavy (non-hydrogen) atoms. The molecule has 5 nitrogen and oxygen atoms in total. The fourth-order valence-electron chi connectivity index (χ4n) is 2.81. The van der Waals surface area contributed by atoms with Crippen molar-refractivity contribution >= 4 is 0 Å². The van der Waals surface area contributed by atoms with E-state index in [1.165, 1.54) is 12.1 Å². The van der Waals surface area contributed by atoms with Crippen molar-refractivity contribution in [3.63, 3.8) is 0 Å². The zero-order valence-electron chi connectivity index (χ0n) is 13.0. The zero-order chi connectivity index (χ0) is 17.2. The first-order valence-electron chi connectivity index (χ1n) is 7.71. The molecule has 0 bridgehead atoms. The van der Waals surface area contributed by atoms with Crippen LogP contribution in [0.4, 0.5) is 13.2 Å². The summed E-state index contributed by atoms with van der Waals surface area (Å²) in [5, 5.41) is 6.93. The molecule has 3 rings (SSSR count). The summed E-state index contributed by atoms with van der Waals surface area (Å²) in [4.78, 5) is 2.21. The van der Waals surface area contributed by atoms with E-state index in [4.69, 9.17) is 10.5 Å². The summed E-state index contributed by atoms with van der Waals surface area (Å²) >= 11 is 0. The monoisotopic (exact) mass is 340 g/mol. The number of benzene rings is 1. The first-order valence-corrected chi connectivity index (χ1v) is 7.71. The van der Waals surface area contributed by atoms with Crippen LogP contribution in [0.25, 0.3) is 11.3 Å². The SMILES string of the molecule is NCC1CN(Cc2cn[nH]c2-c2ccc(C(F)(F)F)cc2)CCO1. The van der Waals surface area contributed by atoms with Crippen molar-refractivity contribution in [1.82, 2.24) is 15.1 Å². The highest BCUT2D eigenvalue weighted by Gasteiger charge is 2.30. The second-order valence-electron chi connectivity index (χ2n) is 5.81. The number of rotatable bonds is 4. The summed E-state index contributed by atoms with van der Waals surface area (Å²) in [5.41, 5.74) is 7.34. The fourth-order valence-corrected chi connectivity index (χ4v) is 2.81. The van der Waals surface area contributed by atoms with Gasteiger partial charge in [0.2, 0.25) is 0 Å². The van der Waals surface area contributed by atoms with Crippen molar-refractivity contribution in [3.8, 4) is 11.3 Å². The third kappa shape index (κ3) is 3.77. The zero-order valence-corrected chi connectivity index (χ0v) is 13.0. The number of aromatic amines is 1. The van der Waals surface area contributed by atoms with Crippen molar-refractivity contribution in [1.29, 1.82) is 0 Å². The number of morpholine rings is 1. The highest BCUT2D eigenvalue weighted by atomic mass is 19.4. The Morgan fingerprint density at radius 1 is 1.29 bits per heavy atom. The summed E-state index contributed by atoms with van der Waals surface area (Å²) in [7, 11) is 0. The molecule has 1 saturated heterocycles. The quantitative estimate of drug-likeness (QED) is 0.896. The number of hydrogen-bond acceptors (Lipinski definition) is 4. The van der Waals surface area contributed by atoms with Crippen molar-refractivity contribution in [2.24, 2.45) is 5.73 Å². The molecular formula is C16H19F3N4O. The van der Waals surface area contributed by atoms with Gasteiger partial charge in [-0.25, -0.2) is 0 Å². The van der Waals surface area contributed by atoms with Gasteiger partial charge in [0.15, 0.2) is 0 Å². The molecule has 2 heterocycles. The average molecular weight is 340 g/mol. The Balaban J connectivity index is 1.75. The Hall–Kier alpha value is -1.90. The van der Waals surface area contributed by atoms with Gasteiger partial charge in [-0.1, -0.05) is 12.1 Å². The van der Waals surface area contributed by atoms with Crippen LogP contribution in [0.1, 0.15) is 11.1 Å². The predicted molar refractivity (Wildman–Crippen MR) is 83.1 cm³/mol. The third-order valence-corrected chi connectivity index (χ3v) is 4.10. The minimum atomic E-state index is -4.33. The molecule has 8 heteroatoms. The van der Waals surface area contributed by atoms with E-state index in [1.807, 2.05) is 0 Å². The lowest BCUT2D eigenvalue weighted by molar-refractivity contribution is -0.137.